The lowest BCUT2D eigenvalue weighted by molar-refractivity contribution is -0.130. The van der Waals surface area contributed by atoms with Crippen molar-refractivity contribution < 1.29 is 18.7 Å². The van der Waals surface area contributed by atoms with Crippen LogP contribution in [0.15, 0.2) is 75.9 Å². The second kappa shape index (κ2) is 12.8. The number of hydrogen-bond donors (Lipinski definition) is 2. The van der Waals surface area contributed by atoms with Crippen molar-refractivity contribution in [3.8, 4) is 5.75 Å². The van der Waals surface area contributed by atoms with Crippen LogP contribution in [0, 0.1) is 13.8 Å². The topological polar surface area (TPSA) is 97.6 Å². The van der Waals surface area contributed by atoms with Gasteiger partial charge in [0.1, 0.15) is 17.4 Å². The van der Waals surface area contributed by atoms with Gasteiger partial charge in [0.05, 0.1) is 0 Å². The zero-order chi connectivity index (χ0) is 28.8. The normalized spacial score (nSPS) is 11.8. The van der Waals surface area contributed by atoms with E-state index in [1.807, 2.05) is 69.3 Å². The molecule has 7 nitrogen and oxygen atoms in total. The first kappa shape index (κ1) is 28.9. The third-order valence-corrected chi connectivity index (χ3v) is 6.92. The molecule has 208 valence electrons. The molecule has 1 aromatic heterocycles. The van der Waals surface area contributed by atoms with E-state index in [9.17, 15) is 14.4 Å². The summed E-state index contributed by atoms with van der Waals surface area (Å²) in [5, 5.41) is 7.03. The summed E-state index contributed by atoms with van der Waals surface area (Å²) in [6.07, 6.45) is 0.774. The number of benzene rings is 3. The maximum absolute atomic E-state index is 12.9. The Morgan fingerprint density at radius 3 is 2.27 bits per heavy atom. The minimum atomic E-state index is -0.791. The zero-order valence-corrected chi connectivity index (χ0v) is 23.8. The largest absolute Gasteiger partial charge is 0.483 e. The summed E-state index contributed by atoms with van der Waals surface area (Å²) >= 11 is 5.98. The average molecular weight is 561 g/mol. The first-order chi connectivity index (χ1) is 19.1. The van der Waals surface area contributed by atoms with E-state index in [-0.39, 0.29) is 18.6 Å². The molecule has 0 bridgehead atoms. The van der Waals surface area contributed by atoms with Crippen molar-refractivity contribution in [1.82, 2.24) is 10.6 Å². The molecule has 4 aromatic rings. The summed E-state index contributed by atoms with van der Waals surface area (Å²) in [5.41, 5.74) is 3.99. The molecule has 4 rings (SSSR count). The van der Waals surface area contributed by atoms with Gasteiger partial charge in [-0.25, -0.2) is 4.79 Å². The third-order valence-electron chi connectivity index (χ3n) is 6.67. The predicted octanol–water partition coefficient (Wildman–Crippen LogP) is 5.28. The summed E-state index contributed by atoms with van der Waals surface area (Å²) in [4.78, 5) is 38.6. The minimum absolute atomic E-state index is 0.0834. The van der Waals surface area contributed by atoms with Crippen LogP contribution in [0.2, 0.25) is 5.02 Å². The molecule has 8 heteroatoms. The molecule has 0 aliphatic carbocycles. The van der Waals surface area contributed by atoms with Crippen LogP contribution in [-0.2, 0) is 22.4 Å². The van der Waals surface area contributed by atoms with Gasteiger partial charge in [0.25, 0.3) is 5.91 Å². The van der Waals surface area contributed by atoms with E-state index in [1.165, 1.54) is 0 Å². The van der Waals surface area contributed by atoms with Crippen molar-refractivity contribution in [3.05, 3.63) is 110 Å². The highest BCUT2D eigenvalue weighted by atomic mass is 35.5. The molecule has 0 radical (unpaired) electrons. The van der Waals surface area contributed by atoms with Crippen LogP contribution in [0.4, 0.5) is 0 Å². The smallest absolute Gasteiger partial charge is 0.340 e. The molecule has 2 N–H and O–H groups in total. The van der Waals surface area contributed by atoms with Gasteiger partial charge in [-0.3, -0.25) is 9.59 Å². The van der Waals surface area contributed by atoms with Crippen molar-refractivity contribution in [2.75, 3.05) is 6.61 Å². The summed E-state index contributed by atoms with van der Waals surface area (Å²) in [6, 6.07) is 19.6. The van der Waals surface area contributed by atoms with Crippen LogP contribution in [0.1, 0.15) is 41.7 Å². The Hall–Kier alpha value is -4.10. The van der Waals surface area contributed by atoms with Crippen LogP contribution in [-0.4, -0.2) is 30.5 Å². The first-order valence-corrected chi connectivity index (χ1v) is 13.6. The van der Waals surface area contributed by atoms with Gasteiger partial charge in [-0.05, 0) is 68.7 Å². The lowest BCUT2D eigenvalue weighted by Gasteiger charge is -2.20. The number of aryl methyl sites for hydroxylation is 2. The molecule has 1 atom stereocenters. The summed E-state index contributed by atoms with van der Waals surface area (Å²) < 4.78 is 11.6. The fourth-order valence-corrected chi connectivity index (χ4v) is 4.69. The second-order valence-corrected chi connectivity index (χ2v) is 10.6. The molecule has 2 amide bonds. The van der Waals surface area contributed by atoms with Crippen LogP contribution in [0.25, 0.3) is 11.0 Å². The minimum Gasteiger partial charge on any atom is -0.483 e. The van der Waals surface area contributed by atoms with Gasteiger partial charge in [0.15, 0.2) is 6.61 Å². The number of rotatable bonds is 10. The van der Waals surface area contributed by atoms with Crippen LogP contribution < -0.4 is 21.0 Å². The highest BCUT2D eigenvalue weighted by Crippen LogP contribution is 2.30. The third kappa shape index (κ3) is 7.10. The first-order valence-electron chi connectivity index (χ1n) is 13.2. The number of carbonyl (C=O) groups is 2. The lowest BCUT2D eigenvalue weighted by Crippen LogP contribution is -2.50. The van der Waals surface area contributed by atoms with Crippen molar-refractivity contribution in [3.63, 3.8) is 0 Å². The summed E-state index contributed by atoms with van der Waals surface area (Å²) in [7, 11) is 0. The zero-order valence-electron chi connectivity index (χ0n) is 23.0. The van der Waals surface area contributed by atoms with Crippen LogP contribution in [0.5, 0.6) is 5.75 Å². The van der Waals surface area contributed by atoms with E-state index < -0.39 is 17.6 Å². The van der Waals surface area contributed by atoms with Gasteiger partial charge in [-0.1, -0.05) is 54.1 Å². The van der Waals surface area contributed by atoms with E-state index in [4.69, 9.17) is 20.8 Å². The molecular formula is C32H33ClN2O5. The quantitative estimate of drug-likeness (QED) is 0.257. The molecule has 0 aliphatic rings. The number of nitrogens with one attached hydrogen (secondary N) is 2. The van der Waals surface area contributed by atoms with Crippen molar-refractivity contribution in [1.29, 1.82) is 0 Å². The van der Waals surface area contributed by atoms with E-state index in [2.05, 4.69) is 10.6 Å². The van der Waals surface area contributed by atoms with E-state index in [0.29, 0.717) is 40.3 Å². The monoisotopic (exact) mass is 560 g/mol. The predicted molar refractivity (Wildman–Crippen MR) is 157 cm³/mol. The number of ether oxygens (including phenoxy) is 1. The van der Waals surface area contributed by atoms with Crippen LogP contribution in [0.3, 0.4) is 0 Å². The second-order valence-electron chi connectivity index (χ2n) is 10.1. The highest BCUT2D eigenvalue weighted by molar-refractivity contribution is 6.30. The van der Waals surface area contributed by atoms with Gasteiger partial charge < -0.3 is 19.8 Å². The molecule has 40 heavy (non-hydrogen) atoms. The standard InChI is InChI=1S/C32H33ClN2O5/c1-19(2)34-31(37)27(17-23-10-12-24(33)13-11-23)35-29(36)18-39-28-15-14-25-20(3)26(16-22-8-6-5-7-9-22)32(38)40-30(25)21(28)4/h5-15,19,27H,16-18H2,1-4H3,(H,34,37)(H,35,36)/t27-/m1/s1. The molecule has 0 unspecified atom stereocenters. The molecule has 0 aliphatic heterocycles. The summed E-state index contributed by atoms with van der Waals surface area (Å²) in [5.74, 6) is -0.321. The molecular weight excluding hydrogens is 528 g/mol. The van der Waals surface area contributed by atoms with E-state index >= 15 is 0 Å². The number of fused-ring (bicyclic) bond motifs is 1. The number of carbonyl (C=O) groups excluding carboxylic acids is 2. The van der Waals surface area contributed by atoms with Gasteiger partial charge >= 0.3 is 5.63 Å². The van der Waals surface area contributed by atoms with E-state index in [1.54, 1.807) is 25.1 Å². The lowest BCUT2D eigenvalue weighted by atomic mass is 9.98. The van der Waals surface area contributed by atoms with E-state index in [0.717, 1.165) is 22.1 Å². The maximum atomic E-state index is 12.9. The highest BCUT2D eigenvalue weighted by Gasteiger charge is 2.23. The van der Waals surface area contributed by atoms with Gasteiger partial charge in [-0.15, -0.1) is 0 Å². The van der Waals surface area contributed by atoms with Gasteiger partial charge in [-0.2, -0.15) is 0 Å². The Morgan fingerprint density at radius 2 is 1.60 bits per heavy atom. The van der Waals surface area contributed by atoms with Gasteiger partial charge in [0, 0.05) is 40.4 Å². The molecule has 3 aromatic carbocycles. The molecule has 0 saturated carbocycles. The van der Waals surface area contributed by atoms with Gasteiger partial charge in [0.2, 0.25) is 5.91 Å². The SMILES string of the molecule is Cc1c(Cc2ccccc2)c(=O)oc2c(C)c(OCC(=O)N[C@H](Cc3ccc(Cl)cc3)C(=O)NC(C)C)ccc12. The number of amides is 2. The van der Waals surface area contributed by atoms with Crippen molar-refractivity contribution in [2.24, 2.45) is 0 Å². The van der Waals surface area contributed by atoms with Crippen molar-refractivity contribution in [2.45, 2.75) is 52.6 Å². The number of hydrogen-bond acceptors (Lipinski definition) is 5. The molecule has 1 heterocycles. The molecule has 0 saturated heterocycles. The molecule has 0 spiro atoms. The average Bonchev–Trinajstić information content (AvgIpc) is 2.92. The number of halogens is 1. The fraction of sp³-hybridized carbons (Fsp3) is 0.281. The molecule has 0 fully saturated rings. The van der Waals surface area contributed by atoms with Crippen LogP contribution >= 0.6 is 11.6 Å². The fourth-order valence-electron chi connectivity index (χ4n) is 4.56. The van der Waals surface area contributed by atoms with Crippen molar-refractivity contribution >= 4 is 34.4 Å². The Labute approximate surface area is 238 Å². The summed E-state index contributed by atoms with van der Waals surface area (Å²) in [6.45, 7) is 7.10. The Morgan fingerprint density at radius 1 is 0.900 bits per heavy atom. The Kier molecular flexibility index (Phi) is 9.27. The maximum Gasteiger partial charge on any atom is 0.340 e. The Balaban J connectivity index is 1.49. The Bertz CT molecular complexity index is 1560.